The van der Waals surface area contributed by atoms with Crippen LogP contribution in [0.5, 0.6) is 0 Å². The van der Waals surface area contributed by atoms with Gasteiger partial charge in [0.25, 0.3) is 0 Å². The van der Waals surface area contributed by atoms with Crippen molar-refractivity contribution in [3.05, 3.63) is 33.8 Å². The number of hydrogen-bond donors (Lipinski definition) is 1. The van der Waals surface area contributed by atoms with Crippen LogP contribution in [0.25, 0.3) is 0 Å². The molecule has 6 nitrogen and oxygen atoms in total. The molecule has 0 unspecified atom stereocenters. The highest BCUT2D eigenvalue weighted by Gasteiger charge is 2.31. The van der Waals surface area contributed by atoms with Crippen LogP contribution in [0.4, 0.5) is 0 Å². The molecule has 1 fully saturated rings. The summed E-state index contributed by atoms with van der Waals surface area (Å²) in [6.45, 7) is 4.48. The molecule has 1 saturated heterocycles. The number of piperidine rings is 1. The molecule has 1 amide bonds. The molecular formula is C18H26Cl2N2O4S. The lowest BCUT2D eigenvalue weighted by atomic mass is 9.97. The number of halogens is 2. The van der Waals surface area contributed by atoms with E-state index < -0.39 is 10.0 Å². The summed E-state index contributed by atoms with van der Waals surface area (Å²) in [5, 5.41) is 3.71. The molecule has 1 heterocycles. The Kier molecular flexibility index (Phi) is 8.82. The molecule has 0 spiro atoms. The molecule has 0 saturated carbocycles. The zero-order valence-electron chi connectivity index (χ0n) is 15.4. The molecule has 9 heteroatoms. The van der Waals surface area contributed by atoms with E-state index in [4.69, 9.17) is 27.9 Å². The van der Waals surface area contributed by atoms with Gasteiger partial charge >= 0.3 is 0 Å². The van der Waals surface area contributed by atoms with Gasteiger partial charge in [-0.2, -0.15) is 0 Å². The highest BCUT2D eigenvalue weighted by molar-refractivity contribution is 7.88. The largest absolute Gasteiger partial charge is 0.382 e. The van der Waals surface area contributed by atoms with Crippen molar-refractivity contribution in [3.8, 4) is 0 Å². The molecule has 0 bridgehead atoms. The number of hydrogen-bond acceptors (Lipinski definition) is 4. The molecule has 1 aliphatic heterocycles. The first kappa shape index (κ1) is 22.4. The molecule has 0 atom stereocenters. The Labute approximate surface area is 171 Å². The van der Waals surface area contributed by atoms with Gasteiger partial charge in [-0.3, -0.25) is 4.79 Å². The van der Waals surface area contributed by atoms with Crippen LogP contribution in [0.1, 0.15) is 31.7 Å². The van der Waals surface area contributed by atoms with Gasteiger partial charge in [-0.25, -0.2) is 12.7 Å². The second-order valence-corrected chi connectivity index (χ2v) is 9.32. The second kappa shape index (κ2) is 10.6. The molecule has 2 rings (SSSR count). The quantitative estimate of drug-likeness (QED) is 0.603. The minimum atomic E-state index is -3.49. The van der Waals surface area contributed by atoms with Crippen LogP contribution in [0.15, 0.2) is 18.2 Å². The van der Waals surface area contributed by atoms with Crippen LogP contribution in [-0.2, 0) is 25.3 Å². The Balaban J connectivity index is 1.82. The van der Waals surface area contributed by atoms with Crippen LogP contribution >= 0.6 is 23.2 Å². The monoisotopic (exact) mass is 436 g/mol. The zero-order valence-corrected chi connectivity index (χ0v) is 17.7. The van der Waals surface area contributed by atoms with Crippen molar-refractivity contribution in [2.24, 2.45) is 5.92 Å². The van der Waals surface area contributed by atoms with E-state index in [0.717, 1.165) is 6.42 Å². The number of nitrogens with zero attached hydrogens (tertiary/aromatic N) is 1. The third-order valence-corrected chi connectivity index (χ3v) is 6.95. The minimum absolute atomic E-state index is 0.00991. The van der Waals surface area contributed by atoms with E-state index in [1.165, 1.54) is 10.4 Å². The predicted octanol–water partition coefficient (Wildman–Crippen LogP) is 3.08. The fourth-order valence-corrected chi connectivity index (χ4v) is 5.15. The topological polar surface area (TPSA) is 75.7 Å². The number of carbonyl (C=O) groups is 1. The van der Waals surface area contributed by atoms with E-state index in [2.05, 4.69) is 5.32 Å². The molecule has 1 aromatic carbocycles. The third-order valence-electron chi connectivity index (χ3n) is 4.54. The van der Waals surface area contributed by atoms with Gasteiger partial charge in [-0.05, 0) is 43.9 Å². The Morgan fingerprint density at radius 2 is 2.00 bits per heavy atom. The Morgan fingerprint density at radius 3 is 2.63 bits per heavy atom. The van der Waals surface area contributed by atoms with E-state index in [-0.39, 0.29) is 17.6 Å². The van der Waals surface area contributed by atoms with Crippen molar-refractivity contribution in [1.29, 1.82) is 0 Å². The first-order valence-corrected chi connectivity index (χ1v) is 11.5. The molecular weight excluding hydrogens is 411 g/mol. The van der Waals surface area contributed by atoms with E-state index in [0.29, 0.717) is 61.3 Å². The SMILES string of the molecule is CCOCCCNC(=O)C1CCN(S(=O)(=O)Cc2ccc(Cl)cc2Cl)CC1. The number of nitrogens with one attached hydrogen (secondary N) is 1. The maximum Gasteiger partial charge on any atom is 0.223 e. The lowest BCUT2D eigenvalue weighted by Gasteiger charge is -2.30. The van der Waals surface area contributed by atoms with Gasteiger partial charge in [0.2, 0.25) is 15.9 Å². The van der Waals surface area contributed by atoms with Crippen molar-refractivity contribution in [3.63, 3.8) is 0 Å². The Bertz CT molecular complexity index is 735. The number of sulfonamides is 1. The molecule has 0 radical (unpaired) electrons. The average molecular weight is 437 g/mol. The van der Waals surface area contributed by atoms with Crippen LogP contribution in [0.2, 0.25) is 10.0 Å². The fraction of sp³-hybridized carbons (Fsp3) is 0.611. The number of amides is 1. The molecule has 1 aromatic rings. The molecule has 152 valence electrons. The summed E-state index contributed by atoms with van der Waals surface area (Å²) in [6, 6.07) is 4.79. The number of benzene rings is 1. The Hall–Kier alpha value is -0.860. The second-order valence-electron chi connectivity index (χ2n) is 6.51. The third kappa shape index (κ3) is 6.91. The summed E-state index contributed by atoms with van der Waals surface area (Å²) in [5.74, 6) is -0.330. The summed E-state index contributed by atoms with van der Waals surface area (Å²) >= 11 is 11.9. The summed E-state index contributed by atoms with van der Waals surface area (Å²) < 4.78 is 32.0. The highest BCUT2D eigenvalue weighted by Crippen LogP contribution is 2.26. The highest BCUT2D eigenvalue weighted by atomic mass is 35.5. The van der Waals surface area contributed by atoms with E-state index >= 15 is 0 Å². The van der Waals surface area contributed by atoms with Crippen molar-refractivity contribution < 1.29 is 17.9 Å². The van der Waals surface area contributed by atoms with Gasteiger partial charge < -0.3 is 10.1 Å². The summed E-state index contributed by atoms with van der Waals surface area (Å²) in [6.07, 6.45) is 1.81. The molecule has 27 heavy (non-hydrogen) atoms. The van der Waals surface area contributed by atoms with E-state index in [1.54, 1.807) is 12.1 Å². The van der Waals surface area contributed by atoms with Crippen molar-refractivity contribution in [1.82, 2.24) is 9.62 Å². The first-order chi connectivity index (χ1) is 12.8. The average Bonchev–Trinajstić information content (AvgIpc) is 2.64. The minimum Gasteiger partial charge on any atom is -0.382 e. The number of rotatable bonds is 9. The summed E-state index contributed by atoms with van der Waals surface area (Å²) in [4.78, 5) is 12.2. The van der Waals surface area contributed by atoms with Gasteiger partial charge in [0.05, 0.1) is 5.75 Å². The van der Waals surface area contributed by atoms with Gasteiger partial charge in [0.1, 0.15) is 0 Å². The molecule has 0 aromatic heterocycles. The van der Waals surface area contributed by atoms with Gasteiger partial charge in [-0.1, -0.05) is 29.3 Å². The van der Waals surface area contributed by atoms with E-state index in [9.17, 15) is 13.2 Å². The van der Waals surface area contributed by atoms with E-state index in [1.807, 2.05) is 6.92 Å². The van der Waals surface area contributed by atoms with Crippen LogP contribution in [0.3, 0.4) is 0 Å². The van der Waals surface area contributed by atoms with Gasteiger partial charge in [0, 0.05) is 48.8 Å². The predicted molar refractivity (Wildman–Crippen MR) is 108 cm³/mol. The fourth-order valence-electron chi connectivity index (χ4n) is 3.00. The smallest absolute Gasteiger partial charge is 0.223 e. The lowest BCUT2D eigenvalue weighted by molar-refractivity contribution is -0.126. The molecule has 1 aliphatic rings. The molecule has 1 N–H and O–H groups in total. The summed E-state index contributed by atoms with van der Waals surface area (Å²) in [5.41, 5.74) is 0.523. The van der Waals surface area contributed by atoms with Crippen LogP contribution in [0, 0.1) is 5.92 Å². The van der Waals surface area contributed by atoms with Crippen molar-refractivity contribution in [2.75, 3.05) is 32.8 Å². The summed E-state index contributed by atoms with van der Waals surface area (Å²) in [7, 11) is -3.49. The van der Waals surface area contributed by atoms with Crippen molar-refractivity contribution >= 4 is 39.1 Å². The standard InChI is InChI=1S/C18H26Cl2N2O4S/c1-2-26-11-3-8-21-18(23)14-6-9-22(10-7-14)27(24,25)13-15-4-5-16(19)12-17(15)20/h4-5,12,14H,2-3,6-11,13H2,1H3,(H,21,23). The Morgan fingerprint density at radius 1 is 1.30 bits per heavy atom. The number of carbonyl (C=O) groups excluding carboxylic acids is 1. The zero-order chi connectivity index (χ0) is 19.9. The maximum absolute atomic E-state index is 12.7. The first-order valence-electron chi connectivity index (χ1n) is 9.10. The lowest BCUT2D eigenvalue weighted by Crippen LogP contribution is -2.43. The van der Waals surface area contributed by atoms with Crippen LogP contribution in [-0.4, -0.2) is 51.5 Å². The normalized spacial score (nSPS) is 16.4. The maximum atomic E-state index is 12.7. The van der Waals surface area contributed by atoms with Crippen molar-refractivity contribution in [2.45, 2.75) is 31.9 Å². The molecule has 0 aliphatic carbocycles. The van der Waals surface area contributed by atoms with Gasteiger partial charge in [0.15, 0.2) is 0 Å². The number of ether oxygens (including phenoxy) is 1. The van der Waals surface area contributed by atoms with Gasteiger partial charge in [-0.15, -0.1) is 0 Å². The van der Waals surface area contributed by atoms with Crippen LogP contribution < -0.4 is 5.32 Å².